The molecule has 0 fully saturated rings. The maximum atomic E-state index is 12.2. The molecule has 2 rings (SSSR count). The quantitative estimate of drug-likeness (QED) is 0.414. The lowest BCUT2D eigenvalue weighted by Crippen LogP contribution is -2.18. The van der Waals surface area contributed by atoms with E-state index in [0.717, 1.165) is 12.3 Å². The van der Waals surface area contributed by atoms with Gasteiger partial charge in [0.25, 0.3) is 21.4 Å². The van der Waals surface area contributed by atoms with Crippen molar-refractivity contribution in [3.63, 3.8) is 0 Å². The number of nitrogens with zero attached hydrogens (tertiary/aromatic N) is 3. The molecule has 0 saturated carbocycles. The Bertz CT molecular complexity index is 1030. The fraction of sp³-hybridized carbons (Fsp3) is 0.133. The van der Waals surface area contributed by atoms with Gasteiger partial charge in [-0.3, -0.25) is 20.2 Å². The number of nitrogens with one attached hydrogen (secondary N) is 2. The van der Waals surface area contributed by atoms with Crippen LogP contribution in [-0.4, -0.2) is 31.5 Å². The number of nitro benzene ring substituents is 2. The lowest BCUT2D eigenvalue weighted by molar-refractivity contribution is -0.385. The first-order valence-electron chi connectivity index (χ1n) is 7.42. The van der Waals surface area contributed by atoms with Gasteiger partial charge in [0.15, 0.2) is 0 Å². The Morgan fingerprint density at radius 3 is 2.30 bits per heavy atom. The van der Waals surface area contributed by atoms with Gasteiger partial charge in [0.2, 0.25) is 0 Å². The zero-order chi connectivity index (χ0) is 20.2. The van der Waals surface area contributed by atoms with Crippen LogP contribution in [0, 0.1) is 27.2 Å². The Morgan fingerprint density at radius 1 is 1.04 bits per heavy atom. The predicted molar refractivity (Wildman–Crippen MR) is 98.4 cm³/mol. The van der Waals surface area contributed by atoms with E-state index in [-0.39, 0.29) is 16.3 Å². The van der Waals surface area contributed by atoms with Crippen molar-refractivity contribution in [3.05, 3.63) is 67.8 Å². The number of aryl methyl sites for hydroxylation is 1. The summed E-state index contributed by atoms with van der Waals surface area (Å²) in [6.07, 6.45) is 1.09. The second kappa shape index (κ2) is 7.78. The Hall–Kier alpha value is -3.54. The molecule has 0 aliphatic heterocycles. The second-order valence-electron chi connectivity index (χ2n) is 5.34. The zero-order valence-corrected chi connectivity index (χ0v) is 15.1. The summed E-state index contributed by atoms with van der Waals surface area (Å²) in [6, 6.07) is 7.65. The molecule has 142 valence electrons. The molecular formula is C15H15N5O6S. The fourth-order valence-corrected chi connectivity index (χ4v) is 2.98. The van der Waals surface area contributed by atoms with E-state index in [1.807, 2.05) is 4.83 Å². The molecule has 2 N–H and O–H groups in total. The summed E-state index contributed by atoms with van der Waals surface area (Å²) in [5, 5.41) is 28.2. The normalized spacial score (nSPS) is 11.3. The summed E-state index contributed by atoms with van der Waals surface area (Å²) in [6.45, 7) is 1.49. The van der Waals surface area contributed by atoms with Crippen LogP contribution >= 0.6 is 0 Å². The number of hydrogen-bond donors (Lipinski definition) is 2. The highest BCUT2D eigenvalue weighted by molar-refractivity contribution is 7.89. The van der Waals surface area contributed by atoms with Gasteiger partial charge in [0, 0.05) is 30.3 Å². The molecule has 0 amide bonds. The van der Waals surface area contributed by atoms with Crippen molar-refractivity contribution < 1.29 is 18.3 Å². The van der Waals surface area contributed by atoms with Crippen molar-refractivity contribution >= 4 is 33.3 Å². The first-order valence-corrected chi connectivity index (χ1v) is 8.90. The first kappa shape index (κ1) is 19.8. The molecule has 11 nitrogen and oxygen atoms in total. The van der Waals surface area contributed by atoms with E-state index in [1.54, 1.807) is 0 Å². The van der Waals surface area contributed by atoms with Crippen LogP contribution < -0.4 is 10.1 Å². The Labute approximate surface area is 154 Å². The third-order valence-corrected chi connectivity index (χ3v) is 4.78. The molecule has 0 atom stereocenters. The van der Waals surface area contributed by atoms with Crippen LogP contribution in [0.25, 0.3) is 0 Å². The average Bonchev–Trinajstić information content (AvgIpc) is 2.61. The van der Waals surface area contributed by atoms with Gasteiger partial charge in [-0.25, -0.2) is 4.83 Å². The largest absolute Gasteiger partial charge is 0.383 e. The molecule has 12 heteroatoms. The number of nitro groups is 2. The van der Waals surface area contributed by atoms with Gasteiger partial charge in [-0.05, 0) is 19.1 Å². The summed E-state index contributed by atoms with van der Waals surface area (Å²) in [5.74, 6) is 0. The summed E-state index contributed by atoms with van der Waals surface area (Å²) in [7, 11) is -2.61. The number of anilines is 1. The number of sulfonamides is 1. The van der Waals surface area contributed by atoms with E-state index in [2.05, 4.69) is 10.4 Å². The van der Waals surface area contributed by atoms with Crippen LogP contribution in [0.2, 0.25) is 0 Å². The molecule has 2 aromatic carbocycles. The zero-order valence-electron chi connectivity index (χ0n) is 14.2. The first-order chi connectivity index (χ1) is 12.7. The second-order valence-corrected chi connectivity index (χ2v) is 7.00. The molecule has 0 radical (unpaired) electrons. The summed E-state index contributed by atoms with van der Waals surface area (Å²) in [5.41, 5.74) is 0.376. The highest BCUT2D eigenvalue weighted by atomic mass is 32.2. The minimum atomic E-state index is -4.14. The minimum absolute atomic E-state index is 0.196. The molecular weight excluding hydrogens is 378 g/mol. The molecule has 0 aliphatic rings. The highest BCUT2D eigenvalue weighted by Crippen LogP contribution is 2.24. The van der Waals surface area contributed by atoms with Crippen molar-refractivity contribution in [1.82, 2.24) is 4.83 Å². The monoisotopic (exact) mass is 393 g/mol. The molecule has 0 aromatic heterocycles. The fourth-order valence-electron chi connectivity index (χ4n) is 2.17. The van der Waals surface area contributed by atoms with E-state index in [0.29, 0.717) is 16.8 Å². The van der Waals surface area contributed by atoms with Crippen LogP contribution in [0.3, 0.4) is 0 Å². The maximum absolute atomic E-state index is 12.2. The van der Waals surface area contributed by atoms with Gasteiger partial charge in [-0.2, -0.15) is 13.5 Å². The Kier molecular flexibility index (Phi) is 5.70. The number of rotatable bonds is 7. The van der Waals surface area contributed by atoms with Crippen molar-refractivity contribution in [2.45, 2.75) is 11.8 Å². The van der Waals surface area contributed by atoms with Gasteiger partial charge in [0.1, 0.15) is 5.69 Å². The Morgan fingerprint density at radius 2 is 1.70 bits per heavy atom. The molecule has 0 spiro atoms. The highest BCUT2D eigenvalue weighted by Gasteiger charge is 2.19. The van der Waals surface area contributed by atoms with Gasteiger partial charge >= 0.3 is 0 Å². The topological polar surface area (TPSA) is 157 Å². The molecule has 0 heterocycles. The third kappa shape index (κ3) is 4.55. The van der Waals surface area contributed by atoms with Crippen LogP contribution in [0.15, 0.2) is 46.4 Å². The SMILES string of the molecule is CNc1ccc(/C=N/NS(=O)(=O)c2ccc(C)c([N+](=O)[O-])c2)cc1[N+](=O)[O-]. The van der Waals surface area contributed by atoms with Crippen molar-refractivity contribution in [2.24, 2.45) is 5.10 Å². The lowest BCUT2D eigenvalue weighted by atomic mass is 10.2. The predicted octanol–water partition coefficient (Wildman–Crippen LogP) is 2.17. The molecule has 0 saturated heterocycles. The van der Waals surface area contributed by atoms with Crippen LogP contribution in [0.4, 0.5) is 17.1 Å². The van der Waals surface area contributed by atoms with E-state index in [1.165, 1.54) is 44.3 Å². The summed E-state index contributed by atoms with van der Waals surface area (Å²) < 4.78 is 24.4. The smallest absolute Gasteiger partial charge is 0.292 e. The van der Waals surface area contributed by atoms with Crippen molar-refractivity contribution in [1.29, 1.82) is 0 Å². The summed E-state index contributed by atoms with van der Waals surface area (Å²) in [4.78, 5) is 22.3. The maximum Gasteiger partial charge on any atom is 0.292 e. The van der Waals surface area contributed by atoms with Crippen molar-refractivity contribution in [3.8, 4) is 0 Å². The van der Waals surface area contributed by atoms with Crippen LogP contribution in [-0.2, 0) is 10.0 Å². The van der Waals surface area contributed by atoms with E-state index in [4.69, 9.17) is 0 Å². The van der Waals surface area contributed by atoms with Gasteiger partial charge in [-0.1, -0.05) is 12.1 Å². The molecule has 0 unspecified atom stereocenters. The standard InChI is InChI=1S/C15H15N5O6S/c1-10-3-5-12(8-14(10)19(21)22)27(25,26)18-17-9-11-4-6-13(16-2)15(7-11)20(23)24/h3-9,16,18H,1-2H3/b17-9+. The number of hydrogen-bond acceptors (Lipinski definition) is 8. The van der Waals surface area contributed by atoms with E-state index in [9.17, 15) is 28.6 Å². The Balaban J connectivity index is 2.25. The number of benzene rings is 2. The molecule has 0 aliphatic carbocycles. The van der Waals surface area contributed by atoms with Crippen molar-refractivity contribution in [2.75, 3.05) is 12.4 Å². The lowest BCUT2D eigenvalue weighted by Gasteiger charge is -2.05. The molecule has 2 aromatic rings. The van der Waals surface area contributed by atoms with E-state index < -0.39 is 19.9 Å². The van der Waals surface area contributed by atoms with Crippen LogP contribution in [0.1, 0.15) is 11.1 Å². The molecule has 27 heavy (non-hydrogen) atoms. The third-order valence-electron chi connectivity index (χ3n) is 3.56. The van der Waals surface area contributed by atoms with E-state index >= 15 is 0 Å². The number of hydrazone groups is 1. The van der Waals surface area contributed by atoms with Gasteiger partial charge in [-0.15, -0.1) is 0 Å². The van der Waals surface area contributed by atoms with Gasteiger partial charge in [0.05, 0.1) is 21.0 Å². The van der Waals surface area contributed by atoms with Gasteiger partial charge < -0.3 is 5.32 Å². The summed E-state index contributed by atoms with van der Waals surface area (Å²) >= 11 is 0. The van der Waals surface area contributed by atoms with Crippen LogP contribution in [0.5, 0.6) is 0 Å². The molecule has 0 bridgehead atoms. The minimum Gasteiger partial charge on any atom is -0.383 e. The average molecular weight is 393 g/mol.